The van der Waals surface area contributed by atoms with Crippen LogP contribution in [0.25, 0.3) is 22.6 Å². The van der Waals surface area contributed by atoms with Gasteiger partial charge in [-0.05, 0) is 48.5 Å². The van der Waals surface area contributed by atoms with Gasteiger partial charge in [-0.25, -0.2) is 8.78 Å². The first-order valence-electron chi connectivity index (χ1n) is 5.82. The van der Waals surface area contributed by atoms with E-state index in [0.717, 1.165) is 0 Å². The van der Waals surface area contributed by atoms with Crippen LogP contribution in [0.15, 0.2) is 53.1 Å². The Kier molecular flexibility index (Phi) is 3.24. The fourth-order valence-corrected chi connectivity index (χ4v) is 2.13. The van der Waals surface area contributed by atoms with Crippen molar-refractivity contribution in [2.75, 3.05) is 0 Å². The minimum atomic E-state index is -0.344. The van der Waals surface area contributed by atoms with Gasteiger partial charge in [-0.1, -0.05) is 16.8 Å². The van der Waals surface area contributed by atoms with Gasteiger partial charge in [0.1, 0.15) is 22.4 Å². The first-order valence-corrected chi connectivity index (χ1v) is 6.20. The molecule has 1 heterocycles. The number of hydrogen-bond donors (Lipinski definition) is 0. The Hall–Kier alpha value is -2.20. The van der Waals surface area contributed by atoms with Crippen molar-refractivity contribution in [2.24, 2.45) is 0 Å². The molecule has 0 aliphatic carbocycles. The lowest BCUT2D eigenvalue weighted by atomic mass is 10.1. The van der Waals surface area contributed by atoms with Crippen molar-refractivity contribution in [1.82, 2.24) is 5.16 Å². The molecule has 0 saturated carbocycles. The summed E-state index contributed by atoms with van der Waals surface area (Å²) < 4.78 is 31.0. The van der Waals surface area contributed by atoms with E-state index in [1.165, 1.54) is 24.3 Å². The van der Waals surface area contributed by atoms with E-state index in [-0.39, 0.29) is 11.6 Å². The van der Waals surface area contributed by atoms with Crippen molar-refractivity contribution in [2.45, 2.75) is 0 Å². The Morgan fingerprint density at radius 1 is 0.800 bits per heavy atom. The van der Waals surface area contributed by atoms with Crippen LogP contribution < -0.4 is 0 Å². The summed E-state index contributed by atoms with van der Waals surface area (Å²) in [6.07, 6.45) is 0. The molecule has 0 N–H and O–H groups in total. The van der Waals surface area contributed by atoms with E-state index in [1.54, 1.807) is 24.3 Å². The molecule has 0 unspecified atom stereocenters. The van der Waals surface area contributed by atoms with Gasteiger partial charge in [0.05, 0.1) is 0 Å². The van der Waals surface area contributed by atoms with Crippen molar-refractivity contribution in [1.29, 1.82) is 0 Å². The summed E-state index contributed by atoms with van der Waals surface area (Å²) in [5.41, 5.74) is 1.69. The van der Waals surface area contributed by atoms with Crippen molar-refractivity contribution in [3.8, 4) is 22.6 Å². The molecule has 1 aromatic heterocycles. The fraction of sp³-hybridized carbons (Fsp3) is 0. The smallest absolute Gasteiger partial charge is 0.186 e. The van der Waals surface area contributed by atoms with Crippen molar-refractivity contribution in [3.63, 3.8) is 0 Å². The molecular weight excluding hydrogens is 284 g/mol. The van der Waals surface area contributed by atoms with E-state index in [9.17, 15) is 8.78 Å². The van der Waals surface area contributed by atoms with Crippen LogP contribution in [0.4, 0.5) is 8.78 Å². The Bertz CT molecular complexity index is 673. The van der Waals surface area contributed by atoms with Gasteiger partial charge >= 0.3 is 0 Å². The highest BCUT2D eigenvalue weighted by Crippen LogP contribution is 2.36. The standard InChI is InChI=1S/C15H8ClF2NO/c16-13-14(9-1-5-11(17)6-2-9)19-20-15(13)10-3-7-12(18)8-4-10/h1-8H. The quantitative estimate of drug-likeness (QED) is 0.668. The summed E-state index contributed by atoms with van der Waals surface area (Å²) in [6, 6.07) is 11.5. The predicted molar refractivity (Wildman–Crippen MR) is 72.3 cm³/mol. The van der Waals surface area contributed by atoms with Gasteiger partial charge in [0.2, 0.25) is 0 Å². The maximum atomic E-state index is 12.9. The highest BCUT2D eigenvalue weighted by Gasteiger charge is 2.17. The number of rotatable bonds is 2. The first kappa shape index (κ1) is 12.8. The molecule has 20 heavy (non-hydrogen) atoms. The summed E-state index contributed by atoms with van der Waals surface area (Å²) in [7, 11) is 0. The molecule has 0 spiro atoms. The average molecular weight is 292 g/mol. The molecule has 3 aromatic rings. The second kappa shape index (κ2) is 5.06. The molecule has 2 aromatic carbocycles. The van der Waals surface area contributed by atoms with E-state index in [0.29, 0.717) is 27.6 Å². The van der Waals surface area contributed by atoms with E-state index in [2.05, 4.69) is 5.16 Å². The molecule has 3 rings (SSSR count). The number of nitrogens with zero attached hydrogens (tertiary/aromatic N) is 1. The minimum absolute atomic E-state index is 0.309. The van der Waals surface area contributed by atoms with Crippen LogP contribution in [0.2, 0.25) is 5.02 Å². The molecule has 0 fully saturated rings. The molecule has 100 valence electrons. The lowest BCUT2D eigenvalue weighted by Crippen LogP contribution is -1.80. The van der Waals surface area contributed by atoms with E-state index >= 15 is 0 Å². The second-order valence-corrected chi connectivity index (χ2v) is 4.57. The maximum Gasteiger partial charge on any atom is 0.186 e. The third-order valence-corrected chi connectivity index (χ3v) is 3.21. The normalized spacial score (nSPS) is 10.8. The van der Waals surface area contributed by atoms with Crippen LogP contribution in [-0.2, 0) is 0 Å². The van der Waals surface area contributed by atoms with Crippen LogP contribution in [0.3, 0.4) is 0 Å². The number of benzene rings is 2. The molecule has 0 bridgehead atoms. The lowest BCUT2D eigenvalue weighted by molar-refractivity contribution is 0.435. The van der Waals surface area contributed by atoms with Crippen LogP contribution in [-0.4, -0.2) is 5.16 Å². The van der Waals surface area contributed by atoms with Gasteiger partial charge in [-0.3, -0.25) is 0 Å². The summed E-state index contributed by atoms with van der Waals surface area (Å²) in [6.45, 7) is 0. The van der Waals surface area contributed by atoms with Gasteiger partial charge in [-0.2, -0.15) is 0 Å². The van der Waals surface area contributed by atoms with Gasteiger partial charge in [0.15, 0.2) is 5.76 Å². The number of halogens is 3. The van der Waals surface area contributed by atoms with Crippen LogP contribution in [0.1, 0.15) is 0 Å². The first-order chi connectivity index (χ1) is 9.65. The Morgan fingerprint density at radius 2 is 1.30 bits per heavy atom. The van der Waals surface area contributed by atoms with E-state index in [4.69, 9.17) is 16.1 Å². The Morgan fingerprint density at radius 3 is 1.85 bits per heavy atom. The summed E-state index contributed by atoms with van der Waals surface area (Å²) in [5.74, 6) is -0.332. The second-order valence-electron chi connectivity index (χ2n) is 4.19. The molecule has 0 amide bonds. The van der Waals surface area contributed by atoms with Gasteiger partial charge in [0, 0.05) is 11.1 Å². The average Bonchev–Trinajstić information content (AvgIpc) is 2.83. The zero-order chi connectivity index (χ0) is 14.1. The summed E-state index contributed by atoms with van der Waals surface area (Å²) in [4.78, 5) is 0. The van der Waals surface area contributed by atoms with Gasteiger partial charge in [-0.15, -0.1) is 0 Å². The van der Waals surface area contributed by atoms with Crippen molar-refractivity contribution < 1.29 is 13.3 Å². The van der Waals surface area contributed by atoms with Gasteiger partial charge in [0.25, 0.3) is 0 Å². The zero-order valence-corrected chi connectivity index (χ0v) is 10.9. The van der Waals surface area contributed by atoms with E-state index < -0.39 is 0 Å². The molecule has 0 aliphatic rings. The Balaban J connectivity index is 2.04. The summed E-state index contributed by atoms with van der Waals surface area (Å²) in [5, 5.41) is 4.20. The fourth-order valence-electron chi connectivity index (χ4n) is 1.85. The highest BCUT2D eigenvalue weighted by molar-refractivity contribution is 6.35. The minimum Gasteiger partial charge on any atom is -0.354 e. The van der Waals surface area contributed by atoms with Crippen LogP contribution in [0.5, 0.6) is 0 Å². The van der Waals surface area contributed by atoms with Crippen molar-refractivity contribution in [3.05, 3.63) is 65.2 Å². The SMILES string of the molecule is Fc1ccc(-c2noc(-c3ccc(F)cc3)c2Cl)cc1. The maximum absolute atomic E-state index is 12.9. The topological polar surface area (TPSA) is 26.0 Å². The highest BCUT2D eigenvalue weighted by atomic mass is 35.5. The monoisotopic (exact) mass is 291 g/mol. The van der Waals surface area contributed by atoms with Crippen molar-refractivity contribution >= 4 is 11.6 Å². The number of aromatic nitrogens is 1. The third-order valence-electron chi connectivity index (χ3n) is 2.86. The van der Waals surface area contributed by atoms with Crippen LogP contribution in [0, 0.1) is 11.6 Å². The molecule has 0 aliphatic heterocycles. The molecule has 0 atom stereocenters. The summed E-state index contributed by atoms with van der Waals surface area (Å²) >= 11 is 6.23. The molecular formula is C15H8ClF2NO. The third kappa shape index (κ3) is 2.30. The largest absolute Gasteiger partial charge is 0.354 e. The van der Waals surface area contributed by atoms with Gasteiger partial charge < -0.3 is 4.52 Å². The molecule has 0 radical (unpaired) electrons. The Labute approximate surface area is 118 Å². The predicted octanol–water partition coefficient (Wildman–Crippen LogP) is 4.94. The molecule has 2 nitrogen and oxygen atoms in total. The van der Waals surface area contributed by atoms with E-state index in [1.807, 2.05) is 0 Å². The zero-order valence-electron chi connectivity index (χ0n) is 10.1. The van der Waals surface area contributed by atoms with Crippen LogP contribution >= 0.6 is 11.6 Å². The lowest BCUT2D eigenvalue weighted by Gasteiger charge is -1.98. The number of hydrogen-bond acceptors (Lipinski definition) is 2. The molecule has 0 saturated heterocycles. The molecule has 5 heteroatoms.